The van der Waals surface area contributed by atoms with Crippen molar-refractivity contribution in [3.05, 3.63) is 48.9 Å². The van der Waals surface area contributed by atoms with Gasteiger partial charge in [0.2, 0.25) is 0 Å². The van der Waals surface area contributed by atoms with Crippen molar-refractivity contribution in [2.45, 2.75) is 6.42 Å². The van der Waals surface area contributed by atoms with Crippen LogP contribution in [0, 0.1) is 0 Å². The monoisotopic (exact) mass is 434 g/mol. The number of fused-ring (bicyclic) bond motifs is 2. The van der Waals surface area contributed by atoms with Gasteiger partial charge in [0.05, 0.1) is 49.9 Å². The molecule has 5 rings (SSSR count). The minimum Gasteiger partial charge on any atom is -0.493 e. The number of aromatic nitrogens is 3. The van der Waals surface area contributed by atoms with Crippen molar-refractivity contribution in [3.8, 4) is 22.8 Å². The van der Waals surface area contributed by atoms with Gasteiger partial charge in [-0.2, -0.15) is 4.73 Å². The Balaban J connectivity index is 1.42. The van der Waals surface area contributed by atoms with E-state index in [-0.39, 0.29) is 0 Å². The Kier molecular flexibility index (Phi) is 5.79. The molecule has 0 saturated carbocycles. The van der Waals surface area contributed by atoms with Gasteiger partial charge in [-0.1, -0.05) is 18.2 Å². The molecule has 2 aromatic heterocycles. The summed E-state index contributed by atoms with van der Waals surface area (Å²) in [7, 11) is 1.63. The Labute approximate surface area is 185 Å². The molecule has 32 heavy (non-hydrogen) atoms. The lowest BCUT2D eigenvalue weighted by atomic mass is 10.1. The summed E-state index contributed by atoms with van der Waals surface area (Å²) in [5.41, 5.74) is 3.04. The number of morpholine rings is 1. The summed E-state index contributed by atoms with van der Waals surface area (Å²) in [6.45, 7) is 5.13. The third-order valence-electron chi connectivity index (χ3n) is 5.85. The summed E-state index contributed by atoms with van der Waals surface area (Å²) < 4.78 is 18.2. The molecule has 8 nitrogen and oxygen atoms in total. The lowest BCUT2D eigenvalue weighted by molar-refractivity contribution is 0.0357. The third kappa shape index (κ3) is 3.94. The summed E-state index contributed by atoms with van der Waals surface area (Å²) in [6.07, 6.45) is 4.14. The fourth-order valence-electron chi connectivity index (χ4n) is 4.20. The van der Waals surface area contributed by atoms with Gasteiger partial charge in [0.1, 0.15) is 6.33 Å². The van der Waals surface area contributed by atoms with E-state index in [4.69, 9.17) is 14.2 Å². The number of methoxy groups -OCH3 is 1. The summed E-state index contributed by atoms with van der Waals surface area (Å²) >= 11 is 0. The number of ether oxygens (including phenoxy) is 3. The van der Waals surface area contributed by atoms with E-state index in [0.717, 1.165) is 77.1 Å². The summed E-state index contributed by atoms with van der Waals surface area (Å²) in [6, 6.07) is 11.5. The van der Waals surface area contributed by atoms with Crippen LogP contribution in [0.4, 0.5) is 0 Å². The molecule has 3 heterocycles. The van der Waals surface area contributed by atoms with Crippen molar-refractivity contribution >= 4 is 21.8 Å². The molecule has 166 valence electrons. The molecule has 4 aromatic rings. The van der Waals surface area contributed by atoms with E-state index in [1.54, 1.807) is 13.3 Å². The maximum atomic E-state index is 10.3. The van der Waals surface area contributed by atoms with Gasteiger partial charge in [-0.15, -0.1) is 0 Å². The molecule has 1 saturated heterocycles. The van der Waals surface area contributed by atoms with E-state index in [2.05, 4.69) is 14.9 Å². The van der Waals surface area contributed by atoms with Gasteiger partial charge in [-0.25, -0.2) is 9.97 Å². The van der Waals surface area contributed by atoms with E-state index in [0.29, 0.717) is 18.1 Å². The van der Waals surface area contributed by atoms with Gasteiger partial charge in [0.25, 0.3) is 0 Å². The molecule has 2 aromatic carbocycles. The Morgan fingerprint density at radius 1 is 1.06 bits per heavy atom. The largest absolute Gasteiger partial charge is 0.493 e. The molecular formula is C24H26N4O4. The van der Waals surface area contributed by atoms with Crippen molar-refractivity contribution in [1.29, 1.82) is 0 Å². The van der Waals surface area contributed by atoms with E-state index >= 15 is 0 Å². The second kappa shape index (κ2) is 9.02. The van der Waals surface area contributed by atoms with E-state index in [9.17, 15) is 5.21 Å². The van der Waals surface area contributed by atoms with E-state index in [1.165, 1.54) is 6.33 Å². The topological polar surface area (TPSA) is 81.9 Å². The minimum absolute atomic E-state index is 0.592. The average Bonchev–Trinajstić information content (AvgIpc) is 3.18. The van der Waals surface area contributed by atoms with Crippen molar-refractivity contribution in [3.63, 3.8) is 0 Å². The molecule has 1 N–H and O–H groups in total. The van der Waals surface area contributed by atoms with Crippen molar-refractivity contribution in [1.82, 2.24) is 19.6 Å². The molecule has 0 unspecified atom stereocenters. The summed E-state index contributed by atoms with van der Waals surface area (Å²) in [5, 5.41) is 12.1. The molecule has 0 aliphatic carbocycles. The molecule has 1 aliphatic heterocycles. The van der Waals surface area contributed by atoms with Crippen LogP contribution in [0.1, 0.15) is 6.42 Å². The summed E-state index contributed by atoms with van der Waals surface area (Å²) in [4.78, 5) is 11.4. The van der Waals surface area contributed by atoms with Crippen LogP contribution in [0.25, 0.3) is 33.1 Å². The molecule has 1 aliphatic rings. The zero-order valence-corrected chi connectivity index (χ0v) is 18.0. The second-order valence-corrected chi connectivity index (χ2v) is 7.80. The first-order chi connectivity index (χ1) is 15.7. The van der Waals surface area contributed by atoms with E-state index in [1.807, 2.05) is 36.4 Å². The minimum atomic E-state index is 0.592. The molecule has 0 radical (unpaired) electrons. The Morgan fingerprint density at radius 2 is 1.91 bits per heavy atom. The highest BCUT2D eigenvalue weighted by atomic mass is 16.5. The Bertz CT molecular complexity index is 1230. The molecule has 1 fully saturated rings. The number of hydrogen-bond acceptors (Lipinski definition) is 7. The van der Waals surface area contributed by atoms with Crippen LogP contribution in [0.3, 0.4) is 0 Å². The SMILES string of the molecule is COc1cc2c(-c3cn(O)c4ccccc34)ncnc2cc1OCCCN1CCOCC1. The van der Waals surface area contributed by atoms with Crippen LogP contribution >= 0.6 is 0 Å². The number of para-hydroxylation sites is 1. The van der Waals surface area contributed by atoms with Crippen molar-refractivity contribution < 1.29 is 19.4 Å². The Hall–Kier alpha value is -3.36. The lowest BCUT2D eigenvalue weighted by Crippen LogP contribution is -2.37. The Morgan fingerprint density at radius 3 is 2.75 bits per heavy atom. The molecule has 8 heteroatoms. The molecule has 0 amide bonds. The van der Waals surface area contributed by atoms with Gasteiger partial charge >= 0.3 is 0 Å². The normalized spacial score (nSPS) is 14.8. The number of benzene rings is 2. The van der Waals surface area contributed by atoms with Gasteiger partial charge < -0.3 is 19.4 Å². The van der Waals surface area contributed by atoms with Crippen LogP contribution in [0.5, 0.6) is 11.5 Å². The molecular weight excluding hydrogens is 408 g/mol. The number of nitrogens with zero attached hydrogens (tertiary/aromatic N) is 4. The molecule has 0 atom stereocenters. The standard InChI is InChI=1S/C24H26N4O4/c1-30-22-13-18-20(14-23(22)32-10-4-7-27-8-11-31-12-9-27)25-16-26-24(18)19-15-28(29)21-6-3-2-5-17(19)21/h2-3,5-6,13-16,29H,4,7-12H2,1H3. The zero-order chi connectivity index (χ0) is 21.9. The maximum Gasteiger partial charge on any atom is 0.163 e. The third-order valence-corrected chi connectivity index (χ3v) is 5.85. The fraction of sp³-hybridized carbons (Fsp3) is 0.333. The number of rotatable bonds is 7. The van der Waals surface area contributed by atoms with Crippen LogP contribution in [0.15, 0.2) is 48.9 Å². The molecule has 0 spiro atoms. The van der Waals surface area contributed by atoms with Gasteiger partial charge in [-0.05, 0) is 18.6 Å². The highest BCUT2D eigenvalue weighted by Gasteiger charge is 2.17. The first-order valence-electron chi connectivity index (χ1n) is 10.8. The highest BCUT2D eigenvalue weighted by molar-refractivity contribution is 6.03. The quantitative estimate of drug-likeness (QED) is 0.352. The van der Waals surface area contributed by atoms with Crippen LogP contribution < -0.4 is 9.47 Å². The van der Waals surface area contributed by atoms with Crippen molar-refractivity contribution in [2.75, 3.05) is 46.6 Å². The first kappa shape index (κ1) is 20.5. The lowest BCUT2D eigenvalue weighted by Gasteiger charge is -2.26. The van der Waals surface area contributed by atoms with Crippen molar-refractivity contribution in [2.24, 2.45) is 0 Å². The van der Waals surface area contributed by atoms with E-state index < -0.39 is 0 Å². The van der Waals surface area contributed by atoms with Crippen LogP contribution in [-0.2, 0) is 4.74 Å². The second-order valence-electron chi connectivity index (χ2n) is 7.80. The van der Waals surface area contributed by atoms with Crippen LogP contribution in [0.2, 0.25) is 0 Å². The number of hydrogen-bond donors (Lipinski definition) is 1. The fourth-order valence-corrected chi connectivity index (χ4v) is 4.20. The zero-order valence-electron chi connectivity index (χ0n) is 18.0. The van der Waals surface area contributed by atoms with Gasteiger partial charge in [-0.3, -0.25) is 4.90 Å². The van der Waals surface area contributed by atoms with Gasteiger partial charge in [0, 0.05) is 42.0 Å². The predicted octanol–water partition coefficient (Wildman–Crippen LogP) is 3.60. The van der Waals surface area contributed by atoms with Crippen LogP contribution in [-0.4, -0.2) is 71.4 Å². The molecule has 0 bridgehead atoms. The smallest absolute Gasteiger partial charge is 0.163 e. The van der Waals surface area contributed by atoms with Gasteiger partial charge in [0.15, 0.2) is 11.5 Å². The predicted molar refractivity (Wildman–Crippen MR) is 122 cm³/mol. The highest BCUT2D eigenvalue weighted by Crippen LogP contribution is 2.37. The maximum absolute atomic E-state index is 10.3. The average molecular weight is 434 g/mol. The summed E-state index contributed by atoms with van der Waals surface area (Å²) in [5.74, 6) is 1.30. The first-order valence-corrected chi connectivity index (χ1v) is 10.8.